The topological polar surface area (TPSA) is 0 Å². The number of rotatable bonds is 3. The summed E-state index contributed by atoms with van der Waals surface area (Å²) in [7, 11) is -0.391. The van der Waals surface area contributed by atoms with Gasteiger partial charge >= 0.3 is 0 Å². The predicted octanol–water partition coefficient (Wildman–Crippen LogP) is 10.4. The molecule has 0 radical (unpaired) electrons. The highest BCUT2D eigenvalue weighted by molar-refractivity contribution is 7.62. The molecule has 0 heterocycles. The second-order valence-electron chi connectivity index (χ2n) is 15.6. The molecule has 55 heavy (non-hydrogen) atoms. The molecule has 4 aromatic carbocycles. The molecule has 0 nitrogen and oxygen atoms in total. The molecule has 0 aromatic heterocycles. The predicted molar refractivity (Wildman–Crippen MR) is 184 cm³/mol. The Balaban J connectivity index is 0.000000534. The Morgan fingerprint density at radius 1 is 0.364 bits per heavy atom. The molecule has 0 atom stereocenters. The summed E-state index contributed by atoms with van der Waals surface area (Å²) < 4.78 is 220. The van der Waals surface area contributed by atoms with Gasteiger partial charge in [-0.05, 0) is 74.4 Å². The number of hydrogen-bond donors (Lipinski definition) is 0. The van der Waals surface area contributed by atoms with Crippen molar-refractivity contribution in [3.05, 3.63) is 123 Å². The van der Waals surface area contributed by atoms with E-state index in [2.05, 4.69) is 62.3 Å². The van der Waals surface area contributed by atoms with Crippen molar-refractivity contribution >= 4 is 30.5 Å². The van der Waals surface area contributed by atoms with Crippen LogP contribution in [0.15, 0.2) is 30.3 Å². The van der Waals surface area contributed by atoms with Crippen LogP contribution in [0.25, 0.3) is 0 Å². The first-order valence-electron chi connectivity index (χ1n) is 16.2. The van der Waals surface area contributed by atoms with Gasteiger partial charge in [-0.25, -0.2) is 65.9 Å². The van der Waals surface area contributed by atoms with Crippen molar-refractivity contribution in [1.29, 1.82) is 0 Å². The molecule has 0 N–H and O–H groups in total. The number of halogens is 15. The summed E-state index contributed by atoms with van der Waals surface area (Å²) in [6, 6.07) is 5.51. The SMILES string of the molecule is CC(C)(C)[PH+](C(C)(C)C)C(C)(C)C.Fc1c(F)c(F)c([B-](C#Cc2ccccc2)(c2c(F)c(F)c(F)c(F)c2F)c2c(F)c(F)c(F)c(F)c2F)c(F)c1F. The molecule has 0 aliphatic carbocycles. The third-order valence-corrected chi connectivity index (χ3v) is 13.0. The Hall–Kier alpha value is -4.12. The van der Waals surface area contributed by atoms with Crippen LogP contribution in [0, 0.1) is 99.0 Å². The Morgan fingerprint density at radius 2 is 0.582 bits per heavy atom. The zero-order valence-electron chi connectivity index (χ0n) is 30.6. The maximum atomic E-state index is 15.3. The van der Waals surface area contributed by atoms with E-state index in [0.717, 1.165) is 24.3 Å². The van der Waals surface area contributed by atoms with Crippen LogP contribution in [0.4, 0.5) is 65.9 Å². The van der Waals surface area contributed by atoms with Gasteiger partial charge in [0.2, 0.25) is 0 Å². The molecule has 298 valence electrons. The zero-order chi connectivity index (χ0) is 42.5. The molecular formula is C38H33BF15P. The molecule has 0 saturated heterocycles. The van der Waals surface area contributed by atoms with Crippen molar-refractivity contribution in [2.75, 3.05) is 0 Å². The van der Waals surface area contributed by atoms with E-state index in [4.69, 9.17) is 0 Å². The van der Waals surface area contributed by atoms with Gasteiger partial charge in [0, 0.05) is 13.5 Å². The maximum absolute atomic E-state index is 15.3. The third kappa shape index (κ3) is 8.23. The lowest BCUT2D eigenvalue weighted by Gasteiger charge is -2.42. The van der Waals surface area contributed by atoms with Crippen LogP contribution in [0.5, 0.6) is 0 Å². The van der Waals surface area contributed by atoms with Crippen molar-refractivity contribution in [2.24, 2.45) is 0 Å². The summed E-state index contributed by atoms with van der Waals surface area (Å²) in [5.41, 5.74) is -8.79. The van der Waals surface area contributed by atoms with Gasteiger partial charge in [0.05, 0.1) is 15.5 Å². The van der Waals surface area contributed by atoms with Gasteiger partial charge in [-0.2, -0.15) is 0 Å². The molecule has 17 heteroatoms. The molecule has 0 aliphatic rings. The molecule has 4 aromatic rings. The van der Waals surface area contributed by atoms with E-state index in [-0.39, 0.29) is 0 Å². The lowest BCUT2D eigenvalue weighted by molar-refractivity contribution is 0.380. The first kappa shape index (κ1) is 45.3. The lowest BCUT2D eigenvalue weighted by Crippen LogP contribution is -2.72. The first-order chi connectivity index (χ1) is 25.0. The van der Waals surface area contributed by atoms with E-state index in [1.165, 1.54) is 11.9 Å². The van der Waals surface area contributed by atoms with E-state index in [1.807, 2.05) is 0 Å². The molecule has 0 amide bonds. The second kappa shape index (κ2) is 15.8. The largest absolute Gasteiger partial charge is 0.291 e. The fourth-order valence-electron chi connectivity index (χ4n) is 7.74. The van der Waals surface area contributed by atoms with Crippen molar-refractivity contribution < 1.29 is 65.9 Å². The van der Waals surface area contributed by atoms with E-state index in [9.17, 15) is 39.5 Å². The molecule has 0 spiro atoms. The zero-order valence-corrected chi connectivity index (χ0v) is 31.6. The van der Waals surface area contributed by atoms with Crippen LogP contribution in [0.3, 0.4) is 0 Å². The second-order valence-corrected chi connectivity index (χ2v) is 20.8. The van der Waals surface area contributed by atoms with E-state index < -0.39 is 123 Å². The summed E-state index contributed by atoms with van der Waals surface area (Å²) in [6.07, 6.45) is -5.90. The molecular weight excluding hydrogens is 783 g/mol. The normalized spacial score (nSPS) is 12.4. The molecule has 0 saturated carbocycles. The molecule has 0 unspecified atom stereocenters. The van der Waals surface area contributed by atoms with Gasteiger partial charge < -0.3 is 0 Å². The minimum atomic E-state index is -5.90. The lowest BCUT2D eigenvalue weighted by atomic mass is 9.15. The summed E-state index contributed by atoms with van der Waals surface area (Å²) in [6.45, 7) is 21.6. The van der Waals surface area contributed by atoms with Crippen LogP contribution in [-0.2, 0) is 0 Å². The molecule has 0 aliphatic heterocycles. The monoisotopic (exact) mass is 816 g/mol. The maximum Gasteiger partial charge on any atom is 0.200 e. The third-order valence-electron chi connectivity index (χ3n) is 8.49. The Morgan fingerprint density at radius 3 is 0.782 bits per heavy atom. The standard InChI is InChI=1S/C26H5BF15.C12H27P/c28-12-9(13(29)19(35)24(40)18(12)34)27(7-6-8-4-2-1-3-5-8,10-14(30)20(36)25(41)21(37)15(10)31)11-16(32)22(38)26(42)23(39)17(11)33;1-10(2,3)13(11(4,5)6)12(7,8)9/h1-5H;1-9H3/q-1;/p+1. The fourth-order valence-corrected chi connectivity index (χ4v) is 14.5. The summed E-state index contributed by atoms with van der Waals surface area (Å²) >= 11 is 0. The Bertz CT molecular complexity index is 1900. The van der Waals surface area contributed by atoms with Crippen LogP contribution >= 0.6 is 7.92 Å². The molecule has 0 fully saturated rings. The van der Waals surface area contributed by atoms with Crippen LogP contribution in [-0.4, -0.2) is 21.6 Å². The highest BCUT2D eigenvalue weighted by Gasteiger charge is 2.50. The fraction of sp³-hybridized carbons (Fsp3) is 0.316. The van der Waals surface area contributed by atoms with Gasteiger partial charge in [-0.15, -0.1) is 22.3 Å². The number of benzene rings is 4. The quantitative estimate of drug-likeness (QED) is 0.0483. The summed E-state index contributed by atoms with van der Waals surface area (Å²) in [5.74, 6) is -43.0. The van der Waals surface area contributed by atoms with Crippen LogP contribution in [0.2, 0.25) is 0 Å². The Labute approximate surface area is 308 Å². The van der Waals surface area contributed by atoms with Gasteiger partial charge in [-0.3, -0.25) is 5.82 Å². The van der Waals surface area contributed by atoms with E-state index in [0.29, 0.717) is 15.5 Å². The van der Waals surface area contributed by atoms with E-state index in [1.54, 1.807) is 5.92 Å². The van der Waals surface area contributed by atoms with Crippen LogP contribution in [0.1, 0.15) is 67.9 Å². The Kier molecular flexibility index (Phi) is 13.0. The van der Waals surface area contributed by atoms with Crippen molar-refractivity contribution in [1.82, 2.24) is 0 Å². The smallest absolute Gasteiger partial charge is 0.200 e. The highest BCUT2D eigenvalue weighted by atomic mass is 31.1. The van der Waals surface area contributed by atoms with Crippen LogP contribution < -0.4 is 16.4 Å². The van der Waals surface area contributed by atoms with Gasteiger partial charge in [0.1, 0.15) is 34.9 Å². The van der Waals surface area contributed by atoms with Gasteiger partial charge in [0.25, 0.3) is 0 Å². The average Bonchev–Trinajstić information content (AvgIpc) is 3.07. The minimum absolute atomic E-state index is 0.391. The first-order valence-corrected chi connectivity index (χ1v) is 17.7. The van der Waals surface area contributed by atoms with Crippen molar-refractivity contribution in [2.45, 2.75) is 77.8 Å². The highest BCUT2D eigenvalue weighted by Crippen LogP contribution is 2.66. The van der Waals surface area contributed by atoms with Gasteiger partial charge in [0.15, 0.2) is 58.5 Å². The van der Waals surface area contributed by atoms with Crippen molar-refractivity contribution in [3.63, 3.8) is 0 Å². The van der Waals surface area contributed by atoms with E-state index >= 15 is 26.3 Å². The average molecular weight is 816 g/mol. The molecule has 0 bridgehead atoms. The summed E-state index contributed by atoms with van der Waals surface area (Å²) in [4.78, 5) is 0. The van der Waals surface area contributed by atoms with Gasteiger partial charge in [-0.1, -0.05) is 18.2 Å². The molecule has 4 rings (SSSR count). The number of hydrogen-bond acceptors (Lipinski definition) is 0. The minimum Gasteiger partial charge on any atom is -0.291 e. The van der Waals surface area contributed by atoms with Crippen molar-refractivity contribution in [3.8, 4) is 11.7 Å². The summed E-state index contributed by atoms with van der Waals surface area (Å²) in [5, 5.41) is 1.46.